The van der Waals surface area contributed by atoms with E-state index < -0.39 is 257 Å². The van der Waals surface area contributed by atoms with Gasteiger partial charge in [0.05, 0.1) is 38.4 Å². The topological polar surface area (TPSA) is 13.1 Å². The second-order valence-electron chi connectivity index (χ2n) is 9.51. The lowest BCUT2D eigenvalue weighted by atomic mass is 9.85. The molecule has 9 aromatic rings. The molecule has 0 fully saturated rings. The molecule has 0 aliphatic heterocycles. The van der Waals surface area contributed by atoms with E-state index in [0.29, 0.717) is 0 Å². The fourth-order valence-electron chi connectivity index (χ4n) is 5.31. The number of para-hydroxylation sites is 1. The molecule has 45 heavy (non-hydrogen) atoms. The molecule has 0 N–H and O–H groups in total. The highest BCUT2D eigenvalue weighted by molar-refractivity contribution is 6.22. The normalized spacial score (nSPS) is 20.3. The first-order valence-electron chi connectivity index (χ1n) is 27.2. The Morgan fingerprint density at radius 1 is 0.356 bits per heavy atom. The molecule has 0 radical (unpaired) electrons. The summed E-state index contributed by atoms with van der Waals surface area (Å²) in [6.45, 7) is 0. The third-order valence-corrected chi connectivity index (χ3v) is 7.12. The minimum absolute atomic E-state index is 0.534. The van der Waals surface area contributed by atoms with Gasteiger partial charge in [-0.3, -0.25) is 0 Å². The Kier molecular flexibility index (Phi) is 2.32. The van der Waals surface area contributed by atoms with Gasteiger partial charge in [-0.05, 0) is 72.6 Å². The molecule has 0 aliphatic carbocycles. The number of fused-ring (bicyclic) bond motifs is 5. The van der Waals surface area contributed by atoms with E-state index in [0.717, 1.165) is 0 Å². The molecule has 9 rings (SSSR count). The average molecular weight is 601 g/mol. The molecule has 1 heteroatoms. The quantitative estimate of drug-likeness (QED) is 0.183. The van der Waals surface area contributed by atoms with Gasteiger partial charge in [0, 0.05) is 16.3 Å². The average Bonchev–Trinajstić information content (AvgIpc) is 3.76. The van der Waals surface area contributed by atoms with E-state index in [9.17, 15) is 12.3 Å². The van der Waals surface area contributed by atoms with Crippen molar-refractivity contribution in [3.8, 4) is 44.5 Å². The van der Waals surface area contributed by atoms with Gasteiger partial charge in [0.2, 0.25) is 0 Å². The molecule has 1 heterocycles. The number of furan rings is 1. The summed E-state index contributed by atoms with van der Waals surface area (Å²) < 4.78 is 255. The predicted molar refractivity (Wildman–Crippen MR) is 190 cm³/mol. The molecular formula is C44H28O. The van der Waals surface area contributed by atoms with E-state index in [1.54, 1.807) is 0 Å². The second-order valence-corrected chi connectivity index (χ2v) is 9.51. The van der Waals surface area contributed by atoms with Crippen molar-refractivity contribution in [2.75, 3.05) is 0 Å². The number of hydrogen-bond acceptors (Lipinski definition) is 1. The van der Waals surface area contributed by atoms with Crippen LogP contribution in [0.1, 0.15) is 38.4 Å². The van der Waals surface area contributed by atoms with Gasteiger partial charge >= 0.3 is 0 Å². The third kappa shape index (κ3) is 4.09. The highest BCUT2D eigenvalue weighted by Crippen LogP contribution is 2.45. The third-order valence-electron chi connectivity index (χ3n) is 7.12. The smallest absolute Gasteiger partial charge is 0.143 e. The molecule has 0 bridgehead atoms. The Morgan fingerprint density at radius 3 is 1.49 bits per heavy atom. The summed E-state index contributed by atoms with van der Waals surface area (Å²) >= 11 is 0. The van der Waals surface area contributed by atoms with Gasteiger partial charge in [-0.2, -0.15) is 0 Å². The predicted octanol–water partition coefficient (Wildman–Crippen LogP) is 12.6. The van der Waals surface area contributed by atoms with Crippen molar-refractivity contribution in [2.45, 2.75) is 0 Å². The van der Waals surface area contributed by atoms with Crippen LogP contribution in [-0.2, 0) is 0 Å². The molecule has 0 atom stereocenters. The zero-order valence-electron chi connectivity index (χ0n) is 50.4. The molecular weight excluding hydrogens is 544 g/mol. The van der Waals surface area contributed by atoms with Gasteiger partial charge in [-0.15, -0.1) is 0 Å². The van der Waals surface area contributed by atoms with Crippen LogP contribution in [0.4, 0.5) is 0 Å². The standard InChI is InChI=1S/C44H28O/c1-3-14-29(15-4-1)33-24-13-27-40-43(33)39-26-12-25-34(44(39)45-40)31-18-11-19-32(28-31)42-37-22-9-7-20-35(37)41(30-16-5-2-6-17-30)36-21-8-10-23-38(36)42/h1-28H/i1D,2D,3D,4D,5D,6D,7D,8D,9D,10D,11D,12D,13D,14D,15D,16D,17D,18D,19D,20D,21D,22D,23D,24D,25D,26D,27D,28D. The van der Waals surface area contributed by atoms with E-state index in [2.05, 4.69) is 0 Å². The SMILES string of the molecule is [2H]c1c([2H])c([2H])c(-c2c3c([2H])c([2H])c([2H])c([2H])c3c(-c3c([2H])c([2H])c([2H])c(-c4c([2H])c([2H])c([2H])c5c4oc4c([2H])c([2H])c([2H])c(-c6c([2H])c([2H])c([2H])c([2H])c6[2H])c45)c3[2H])c3c([2H])c([2H])c([2H])c([2H])c23)c([2H])c1[2H]. The Balaban J connectivity index is 1.57. The fourth-order valence-corrected chi connectivity index (χ4v) is 5.31. The molecule has 8 aromatic carbocycles. The summed E-state index contributed by atoms with van der Waals surface area (Å²) in [7, 11) is 0. The summed E-state index contributed by atoms with van der Waals surface area (Å²) in [4.78, 5) is 0. The zero-order valence-corrected chi connectivity index (χ0v) is 22.4. The lowest BCUT2D eigenvalue weighted by Gasteiger charge is -2.18. The molecule has 0 saturated heterocycles. The zero-order chi connectivity index (χ0) is 54.1. The van der Waals surface area contributed by atoms with Crippen molar-refractivity contribution in [1.29, 1.82) is 0 Å². The first-order valence-corrected chi connectivity index (χ1v) is 13.2. The van der Waals surface area contributed by atoms with Gasteiger partial charge in [-0.1, -0.05) is 157 Å². The van der Waals surface area contributed by atoms with Crippen LogP contribution in [0.15, 0.2) is 174 Å². The van der Waals surface area contributed by atoms with Gasteiger partial charge < -0.3 is 4.42 Å². The first-order chi connectivity index (χ1) is 34.0. The maximum atomic E-state index is 9.92. The summed E-state index contributed by atoms with van der Waals surface area (Å²) in [5.74, 6) is 0. The summed E-state index contributed by atoms with van der Waals surface area (Å²) in [5, 5.41) is -4.11. The van der Waals surface area contributed by atoms with E-state index in [4.69, 9.17) is 30.5 Å². The van der Waals surface area contributed by atoms with Crippen molar-refractivity contribution < 1.29 is 42.8 Å². The van der Waals surface area contributed by atoms with Gasteiger partial charge in [0.1, 0.15) is 11.2 Å². The molecule has 1 aromatic heterocycles. The lowest BCUT2D eigenvalue weighted by Crippen LogP contribution is -1.91. The second kappa shape index (κ2) is 10.4. The van der Waals surface area contributed by atoms with Crippen LogP contribution >= 0.6 is 0 Å². The van der Waals surface area contributed by atoms with Crippen molar-refractivity contribution in [2.24, 2.45) is 0 Å². The van der Waals surface area contributed by atoms with Gasteiger partial charge in [0.25, 0.3) is 0 Å². The maximum Gasteiger partial charge on any atom is 0.143 e. The van der Waals surface area contributed by atoms with Crippen molar-refractivity contribution in [3.63, 3.8) is 0 Å². The van der Waals surface area contributed by atoms with Crippen LogP contribution in [0.25, 0.3) is 88.0 Å². The summed E-state index contributed by atoms with van der Waals surface area (Å²) in [6, 6.07) is -26.9. The number of benzene rings is 8. The molecule has 0 aliphatic rings. The van der Waals surface area contributed by atoms with E-state index >= 15 is 0 Å². The van der Waals surface area contributed by atoms with Crippen LogP contribution < -0.4 is 0 Å². The minimum atomic E-state index is -1.10. The maximum absolute atomic E-state index is 9.92. The summed E-state index contributed by atoms with van der Waals surface area (Å²) in [5.41, 5.74) is -7.58. The molecule has 1 nitrogen and oxygen atoms in total. The Labute approximate surface area is 301 Å². The van der Waals surface area contributed by atoms with Gasteiger partial charge in [0.15, 0.2) is 0 Å². The number of hydrogen-bond donors (Lipinski definition) is 0. The van der Waals surface area contributed by atoms with E-state index in [1.165, 1.54) is 0 Å². The molecule has 0 saturated carbocycles. The van der Waals surface area contributed by atoms with Crippen molar-refractivity contribution in [1.82, 2.24) is 0 Å². The van der Waals surface area contributed by atoms with Crippen LogP contribution in [-0.4, -0.2) is 0 Å². The highest BCUT2D eigenvalue weighted by Gasteiger charge is 2.19. The monoisotopic (exact) mass is 600 g/mol. The first kappa shape index (κ1) is 10.1. The van der Waals surface area contributed by atoms with Crippen LogP contribution in [0, 0.1) is 0 Å². The van der Waals surface area contributed by atoms with E-state index in [1.807, 2.05) is 0 Å². The van der Waals surface area contributed by atoms with Crippen LogP contribution in [0.3, 0.4) is 0 Å². The van der Waals surface area contributed by atoms with Gasteiger partial charge in [-0.25, -0.2) is 0 Å². The Morgan fingerprint density at radius 2 is 0.822 bits per heavy atom. The van der Waals surface area contributed by atoms with Crippen molar-refractivity contribution in [3.05, 3.63) is 169 Å². The molecule has 0 amide bonds. The largest absolute Gasteiger partial charge is 0.455 e. The van der Waals surface area contributed by atoms with Crippen LogP contribution in [0.2, 0.25) is 0 Å². The molecule has 0 unspecified atom stereocenters. The minimum Gasteiger partial charge on any atom is -0.455 e. The van der Waals surface area contributed by atoms with E-state index in [-0.39, 0.29) is 0 Å². The fraction of sp³-hybridized carbons (Fsp3) is 0. The molecule has 0 spiro atoms. The highest BCUT2D eigenvalue weighted by atomic mass is 16.3. The lowest BCUT2D eigenvalue weighted by molar-refractivity contribution is 0.670. The Hall–Kier alpha value is -5.92. The Bertz CT molecular complexity index is 3980. The summed E-state index contributed by atoms with van der Waals surface area (Å²) in [6.07, 6.45) is 0. The number of rotatable bonds is 4. The van der Waals surface area contributed by atoms with Crippen LogP contribution in [0.5, 0.6) is 0 Å². The molecule has 210 valence electrons. The van der Waals surface area contributed by atoms with Crippen molar-refractivity contribution >= 4 is 43.5 Å².